The molecule has 0 N–H and O–H groups in total. The van der Waals surface area contributed by atoms with Gasteiger partial charge in [-0.25, -0.2) is 0 Å². The summed E-state index contributed by atoms with van der Waals surface area (Å²) in [5.41, 5.74) is 2.26. The molecule has 0 spiro atoms. The van der Waals surface area contributed by atoms with Gasteiger partial charge < -0.3 is 4.74 Å². The van der Waals surface area contributed by atoms with Gasteiger partial charge in [-0.15, -0.1) is 0 Å². The molecule has 14 heavy (non-hydrogen) atoms. The lowest BCUT2D eigenvalue weighted by Crippen LogP contribution is -2.03. The van der Waals surface area contributed by atoms with Gasteiger partial charge in [-0.1, -0.05) is 24.3 Å². The first-order chi connectivity index (χ1) is 6.59. The minimum absolute atomic E-state index is 0.270. The first kappa shape index (κ1) is 10.8. The van der Waals surface area contributed by atoms with Crippen LogP contribution in [0.4, 0.5) is 0 Å². The van der Waals surface area contributed by atoms with E-state index in [-0.39, 0.29) is 5.97 Å². The molecule has 0 aromatic carbocycles. The molecule has 0 saturated carbocycles. The van der Waals surface area contributed by atoms with Crippen LogP contribution in [0.3, 0.4) is 0 Å². The highest BCUT2D eigenvalue weighted by Gasteiger charge is 2.11. The Morgan fingerprint density at radius 2 is 2.36 bits per heavy atom. The van der Waals surface area contributed by atoms with Crippen LogP contribution in [-0.2, 0) is 9.53 Å². The van der Waals surface area contributed by atoms with Crippen LogP contribution in [0.1, 0.15) is 26.7 Å². The fraction of sp³-hybridized carbons (Fsp3) is 0.417. The van der Waals surface area contributed by atoms with Gasteiger partial charge in [0.15, 0.2) is 0 Å². The summed E-state index contributed by atoms with van der Waals surface area (Å²) in [5.74, 6) is 0.206. The summed E-state index contributed by atoms with van der Waals surface area (Å²) in [6.45, 7) is 7.36. The average molecular weight is 192 g/mol. The number of carbonyl (C=O) groups is 1. The lowest BCUT2D eigenvalue weighted by atomic mass is 9.89. The smallest absolute Gasteiger partial charge is 0.307 e. The van der Waals surface area contributed by atoms with E-state index in [4.69, 9.17) is 4.74 Å². The molecule has 0 aliphatic heterocycles. The fourth-order valence-corrected chi connectivity index (χ4v) is 1.41. The lowest BCUT2D eigenvalue weighted by molar-refractivity contribution is -0.135. The molecule has 2 heteroatoms. The number of allylic oxidation sites excluding steroid dienone is 4. The van der Waals surface area contributed by atoms with Gasteiger partial charge in [-0.05, 0) is 31.3 Å². The molecule has 76 valence electrons. The molecule has 0 aromatic rings. The Kier molecular flexibility index (Phi) is 3.69. The quantitative estimate of drug-likeness (QED) is 0.382. The average Bonchev–Trinajstić information content (AvgIpc) is 2.15. The molecule has 0 amide bonds. The van der Waals surface area contributed by atoms with E-state index in [2.05, 4.69) is 12.7 Å². The van der Waals surface area contributed by atoms with Crippen LogP contribution in [0.5, 0.6) is 0 Å². The lowest BCUT2D eigenvalue weighted by Gasteiger charge is -2.17. The van der Waals surface area contributed by atoms with Gasteiger partial charge >= 0.3 is 5.97 Å². The third-order valence-corrected chi connectivity index (χ3v) is 2.30. The SMILES string of the molecule is C=C(C)C1C=CC(=COC(C)=O)CC1. The minimum Gasteiger partial charge on any atom is -0.434 e. The highest BCUT2D eigenvalue weighted by Crippen LogP contribution is 2.25. The zero-order valence-electron chi connectivity index (χ0n) is 8.75. The Balaban J connectivity index is 2.55. The van der Waals surface area contributed by atoms with E-state index < -0.39 is 0 Å². The van der Waals surface area contributed by atoms with Crippen molar-refractivity contribution >= 4 is 5.97 Å². The summed E-state index contributed by atoms with van der Waals surface area (Å²) in [4.78, 5) is 10.6. The highest BCUT2D eigenvalue weighted by molar-refractivity contribution is 5.66. The summed E-state index contributed by atoms with van der Waals surface area (Å²) in [7, 11) is 0. The Labute approximate surface area is 85.0 Å². The maximum absolute atomic E-state index is 10.6. The zero-order chi connectivity index (χ0) is 10.6. The molecule has 0 aromatic heterocycles. The van der Waals surface area contributed by atoms with Crippen LogP contribution in [-0.4, -0.2) is 5.97 Å². The second kappa shape index (κ2) is 4.80. The molecular weight excluding hydrogens is 176 g/mol. The normalized spacial score (nSPS) is 23.6. The Morgan fingerprint density at radius 3 is 2.79 bits per heavy atom. The zero-order valence-corrected chi connectivity index (χ0v) is 8.75. The molecule has 1 atom stereocenters. The van der Waals surface area contributed by atoms with Crippen LogP contribution in [0.2, 0.25) is 0 Å². The van der Waals surface area contributed by atoms with E-state index in [1.165, 1.54) is 18.8 Å². The molecule has 1 aliphatic carbocycles. The predicted molar refractivity (Wildman–Crippen MR) is 56.5 cm³/mol. The summed E-state index contributed by atoms with van der Waals surface area (Å²) in [6.07, 6.45) is 7.65. The Hall–Kier alpha value is -1.31. The molecule has 0 radical (unpaired) electrons. The predicted octanol–water partition coefficient (Wildman–Crippen LogP) is 2.98. The van der Waals surface area contributed by atoms with Gasteiger partial charge in [-0.2, -0.15) is 0 Å². The summed E-state index contributed by atoms with van der Waals surface area (Å²) >= 11 is 0. The van der Waals surface area contributed by atoms with Crippen molar-refractivity contribution < 1.29 is 9.53 Å². The standard InChI is InChI=1S/C12H16O2/c1-9(2)12-6-4-11(5-7-12)8-14-10(3)13/h4,6,8,12H,1,5,7H2,2-3H3. The van der Waals surface area contributed by atoms with Gasteiger partial charge in [0.05, 0.1) is 6.26 Å². The second-order valence-electron chi connectivity index (χ2n) is 3.65. The first-order valence-corrected chi connectivity index (χ1v) is 4.79. The van der Waals surface area contributed by atoms with Crippen molar-refractivity contribution in [2.45, 2.75) is 26.7 Å². The van der Waals surface area contributed by atoms with Crippen LogP contribution in [0, 0.1) is 5.92 Å². The van der Waals surface area contributed by atoms with Crippen molar-refractivity contribution in [3.8, 4) is 0 Å². The van der Waals surface area contributed by atoms with E-state index >= 15 is 0 Å². The van der Waals surface area contributed by atoms with E-state index in [0.717, 1.165) is 18.4 Å². The maximum Gasteiger partial charge on any atom is 0.307 e. The van der Waals surface area contributed by atoms with Crippen LogP contribution in [0.15, 0.2) is 36.1 Å². The molecule has 1 aliphatic rings. The van der Waals surface area contributed by atoms with E-state index in [0.29, 0.717) is 5.92 Å². The number of carbonyl (C=O) groups excluding carboxylic acids is 1. The number of rotatable bonds is 2. The fourth-order valence-electron chi connectivity index (χ4n) is 1.41. The van der Waals surface area contributed by atoms with E-state index in [9.17, 15) is 4.79 Å². The monoisotopic (exact) mass is 192 g/mol. The maximum atomic E-state index is 10.6. The van der Waals surface area contributed by atoms with Crippen molar-refractivity contribution in [3.63, 3.8) is 0 Å². The second-order valence-corrected chi connectivity index (χ2v) is 3.65. The highest BCUT2D eigenvalue weighted by atomic mass is 16.5. The molecule has 0 saturated heterocycles. The summed E-state index contributed by atoms with van der Waals surface area (Å²) < 4.78 is 4.80. The number of hydrogen-bond donors (Lipinski definition) is 0. The van der Waals surface area contributed by atoms with Gasteiger partial charge in [0.1, 0.15) is 0 Å². The van der Waals surface area contributed by atoms with Crippen molar-refractivity contribution in [2.75, 3.05) is 0 Å². The van der Waals surface area contributed by atoms with Crippen molar-refractivity contribution in [2.24, 2.45) is 5.92 Å². The van der Waals surface area contributed by atoms with Crippen molar-refractivity contribution in [1.29, 1.82) is 0 Å². The number of esters is 1. The van der Waals surface area contributed by atoms with Crippen LogP contribution < -0.4 is 0 Å². The van der Waals surface area contributed by atoms with Gasteiger partial charge in [0, 0.05) is 6.92 Å². The topological polar surface area (TPSA) is 26.3 Å². The largest absolute Gasteiger partial charge is 0.434 e. The van der Waals surface area contributed by atoms with Gasteiger partial charge in [0.25, 0.3) is 0 Å². The van der Waals surface area contributed by atoms with Crippen molar-refractivity contribution in [1.82, 2.24) is 0 Å². The Morgan fingerprint density at radius 1 is 1.64 bits per heavy atom. The van der Waals surface area contributed by atoms with Crippen molar-refractivity contribution in [3.05, 3.63) is 36.1 Å². The van der Waals surface area contributed by atoms with E-state index in [1.807, 2.05) is 13.0 Å². The number of hydrogen-bond acceptors (Lipinski definition) is 2. The molecule has 0 heterocycles. The summed E-state index contributed by atoms with van der Waals surface area (Å²) in [6, 6.07) is 0. The summed E-state index contributed by atoms with van der Waals surface area (Å²) in [5, 5.41) is 0. The molecule has 0 fully saturated rings. The van der Waals surface area contributed by atoms with Crippen LogP contribution >= 0.6 is 0 Å². The van der Waals surface area contributed by atoms with E-state index in [1.54, 1.807) is 0 Å². The Bertz CT molecular complexity index is 297. The number of ether oxygens (including phenoxy) is 1. The molecular formula is C12H16O2. The van der Waals surface area contributed by atoms with Crippen LogP contribution in [0.25, 0.3) is 0 Å². The third kappa shape index (κ3) is 3.21. The molecule has 1 rings (SSSR count). The van der Waals surface area contributed by atoms with Gasteiger partial charge in [-0.3, -0.25) is 4.79 Å². The first-order valence-electron chi connectivity index (χ1n) is 4.79. The molecule has 2 nitrogen and oxygen atoms in total. The molecule has 1 unspecified atom stereocenters. The molecule has 0 bridgehead atoms. The third-order valence-electron chi connectivity index (χ3n) is 2.30. The minimum atomic E-state index is -0.270. The van der Waals surface area contributed by atoms with Gasteiger partial charge in [0.2, 0.25) is 0 Å².